The highest BCUT2D eigenvalue weighted by atomic mass is 16.8. The number of nitrogens with zero attached hydrogens (tertiary/aromatic N) is 6. The molecule has 0 bridgehead atoms. The number of rotatable bonds is 18. The summed E-state index contributed by atoms with van der Waals surface area (Å²) in [5, 5.41) is 18.7. The van der Waals surface area contributed by atoms with Crippen LogP contribution in [-0.2, 0) is 74.9 Å². The molecule has 4 aliphatic heterocycles. The molecule has 0 aromatic heterocycles. The van der Waals surface area contributed by atoms with Crippen LogP contribution in [0.15, 0.2) is 70.9 Å². The third-order valence-corrected chi connectivity index (χ3v) is 13.4. The van der Waals surface area contributed by atoms with Crippen LogP contribution in [0, 0.1) is 29.6 Å². The van der Waals surface area contributed by atoms with Gasteiger partial charge in [0.2, 0.25) is 0 Å². The number of esters is 2. The van der Waals surface area contributed by atoms with Crippen molar-refractivity contribution in [1.29, 1.82) is 0 Å². The second kappa shape index (κ2) is 24.2. The average Bonchev–Trinajstić information content (AvgIpc) is 3.30. The fraction of sp³-hybridized carbons (Fsp3) is 0.702. The Morgan fingerprint density at radius 2 is 1.00 bits per heavy atom. The van der Waals surface area contributed by atoms with Crippen LogP contribution in [0.1, 0.15) is 73.4 Å². The summed E-state index contributed by atoms with van der Waals surface area (Å²) in [6.07, 6.45) is -10.8. The molecule has 20 nitrogen and oxygen atoms in total. The first-order valence-electron chi connectivity index (χ1n) is 23.0. The van der Waals surface area contributed by atoms with Gasteiger partial charge in [0.05, 0.1) is 61.9 Å². The van der Waals surface area contributed by atoms with Crippen molar-refractivity contribution in [2.24, 2.45) is 39.8 Å². The van der Waals surface area contributed by atoms with Crippen molar-refractivity contribution in [2.75, 3.05) is 13.2 Å². The van der Waals surface area contributed by atoms with Crippen LogP contribution in [0.25, 0.3) is 20.9 Å². The molecule has 4 saturated heterocycles. The highest BCUT2D eigenvalue weighted by Gasteiger charge is 2.54. The molecular weight excluding hydrogens is 873 g/mol. The van der Waals surface area contributed by atoms with Crippen molar-refractivity contribution < 1.29 is 66.8 Å². The molecule has 20 heteroatoms. The Balaban J connectivity index is 1.26. The Labute approximate surface area is 391 Å². The van der Waals surface area contributed by atoms with E-state index < -0.39 is 110 Å². The smallest absolute Gasteiger partial charge is 0.302 e. The van der Waals surface area contributed by atoms with Crippen LogP contribution in [0.5, 0.6) is 0 Å². The molecule has 0 amide bonds. The van der Waals surface area contributed by atoms with E-state index in [9.17, 15) is 25.8 Å². The Hall–Kier alpha value is -4.40. The van der Waals surface area contributed by atoms with Crippen molar-refractivity contribution >= 4 is 11.9 Å². The Bertz CT molecular complexity index is 2000. The van der Waals surface area contributed by atoms with E-state index in [4.69, 9.17) is 52.1 Å². The van der Waals surface area contributed by atoms with Crippen molar-refractivity contribution in [3.05, 3.63) is 92.7 Å². The lowest BCUT2D eigenvalue weighted by Gasteiger charge is -2.51. The molecule has 0 aliphatic carbocycles. The molecule has 67 heavy (non-hydrogen) atoms. The summed E-state index contributed by atoms with van der Waals surface area (Å²) in [5.74, 6) is -3.04. The van der Waals surface area contributed by atoms with Gasteiger partial charge in [-0.05, 0) is 47.9 Å². The predicted molar refractivity (Wildman–Crippen MR) is 238 cm³/mol. The van der Waals surface area contributed by atoms with Gasteiger partial charge in [-0.25, -0.2) is 0 Å². The van der Waals surface area contributed by atoms with Gasteiger partial charge in [-0.2, -0.15) is 0 Å². The van der Waals surface area contributed by atoms with Crippen LogP contribution in [0.3, 0.4) is 0 Å². The summed E-state index contributed by atoms with van der Waals surface area (Å²) in [4.78, 5) is 30.2. The maximum atomic E-state index is 12.3. The van der Waals surface area contributed by atoms with E-state index in [2.05, 4.69) is 27.0 Å². The molecule has 9 unspecified atom stereocenters. The van der Waals surface area contributed by atoms with Gasteiger partial charge in [-0.1, -0.05) is 106 Å². The first-order valence-corrected chi connectivity index (χ1v) is 23.0. The maximum Gasteiger partial charge on any atom is 0.302 e. The van der Waals surface area contributed by atoms with Crippen molar-refractivity contribution in [2.45, 2.75) is 168 Å². The SMILES string of the molecule is CC(=O)OCC1OC(O)C(N=[N+]=[N-])[C@@H](C)[C@@H]1O[C@@H]1OC(C)[C@@H](O[C@@H]2OC(COC(C)=O)[C@@H](O[C@@H]3OC(C)[C@@H](C)[C@@H](OCc4ccccc4)C3C)[C@H](C)C2N=[N+]=[N-])[C@@H](OCc2ccccc2)C1C. The van der Waals surface area contributed by atoms with Crippen molar-refractivity contribution in [1.82, 2.24) is 0 Å². The van der Waals surface area contributed by atoms with Gasteiger partial charge in [-0.15, -0.1) is 0 Å². The number of azide groups is 2. The third-order valence-electron chi connectivity index (χ3n) is 13.4. The van der Waals surface area contributed by atoms with Gasteiger partial charge in [0.25, 0.3) is 0 Å². The van der Waals surface area contributed by atoms with Crippen LogP contribution in [0.2, 0.25) is 0 Å². The van der Waals surface area contributed by atoms with Crippen LogP contribution >= 0.6 is 0 Å². The molecule has 0 spiro atoms. The molecule has 4 heterocycles. The summed E-state index contributed by atoms with van der Waals surface area (Å²) in [6.45, 7) is 16.0. The number of aliphatic hydroxyl groups is 1. The number of carbonyl (C=O) groups is 2. The number of hydrogen-bond donors (Lipinski definition) is 1. The standard InChI is InChI=1S/C47H66N6O14/c1-24-29(6)61-45(27(4)39(24)59-20-33-16-12-10-13-17-33)66-41-26(3)38(51-53-49)47(64-36(41)23-58-32(9)55)67-43-30(7)62-46(28(5)42(43)60-21-34-18-14-11-15-19-34)65-40-25(2)37(50-52-48)44(56)63-35(40)22-57-31(8)54/h10-19,24-30,35-47,56H,20-23H2,1-9H3/t24-,25-,26-,27?,28?,29?,30?,35?,36?,37?,38?,39-,40+,41+,42+,43-,44?,45+,46+,47+/m1/s1. The van der Waals surface area contributed by atoms with Gasteiger partial charge in [0.1, 0.15) is 31.5 Å². The molecule has 4 aliphatic rings. The second-order valence-corrected chi connectivity index (χ2v) is 18.1. The van der Waals surface area contributed by atoms with E-state index in [1.165, 1.54) is 13.8 Å². The van der Waals surface area contributed by atoms with E-state index in [0.29, 0.717) is 6.61 Å². The zero-order valence-corrected chi connectivity index (χ0v) is 39.6. The fourth-order valence-corrected chi connectivity index (χ4v) is 9.43. The molecule has 6 rings (SSSR count). The number of ether oxygens (including phenoxy) is 11. The Morgan fingerprint density at radius 1 is 0.552 bits per heavy atom. The van der Waals surface area contributed by atoms with Gasteiger partial charge in [-0.3, -0.25) is 9.59 Å². The Morgan fingerprint density at radius 3 is 1.52 bits per heavy atom. The van der Waals surface area contributed by atoms with E-state index in [0.717, 1.165) is 11.1 Å². The molecule has 0 radical (unpaired) electrons. The third kappa shape index (κ3) is 13.0. The van der Waals surface area contributed by atoms with Gasteiger partial charge >= 0.3 is 11.9 Å². The molecule has 2 aromatic carbocycles. The zero-order valence-electron chi connectivity index (χ0n) is 39.6. The van der Waals surface area contributed by atoms with Crippen molar-refractivity contribution in [3.8, 4) is 0 Å². The quantitative estimate of drug-likeness (QED) is 0.0690. The summed E-state index contributed by atoms with van der Waals surface area (Å²) < 4.78 is 69.9. The summed E-state index contributed by atoms with van der Waals surface area (Å²) in [5.41, 5.74) is 21.2. The number of benzene rings is 2. The topological polar surface area (TPSA) is 253 Å². The first kappa shape index (κ1) is 52.0. The van der Waals surface area contributed by atoms with E-state index in [1.807, 2.05) is 88.4 Å². The lowest BCUT2D eigenvalue weighted by Crippen LogP contribution is -2.63. The molecule has 368 valence electrons. The minimum atomic E-state index is -1.48. The van der Waals surface area contributed by atoms with Crippen LogP contribution in [-0.4, -0.2) is 122 Å². The maximum absolute atomic E-state index is 12.3. The molecule has 4 fully saturated rings. The monoisotopic (exact) mass is 938 g/mol. The minimum absolute atomic E-state index is 0.0393. The van der Waals surface area contributed by atoms with Crippen molar-refractivity contribution in [3.63, 3.8) is 0 Å². The molecule has 1 N–H and O–H groups in total. The number of hydrogen-bond acceptors (Lipinski definition) is 16. The first-order chi connectivity index (χ1) is 32.1. The molecular formula is C47H66N6O14. The highest BCUT2D eigenvalue weighted by Crippen LogP contribution is 2.41. The Kier molecular flexibility index (Phi) is 18.8. The van der Waals surface area contributed by atoms with Crippen LogP contribution in [0.4, 0.5) is 0 Å². The largest absolute Gasteiger partial charge is 0.463 e. The van der Waals surface area contributed by atoms with Gasteiger partial charge in [0.15, 0.2) is 25.2 Å². The molecule has 2 aromatic rings. The number of aliphatic hydroxyl groups excluding tert-OH is 1. The van der Waals surface area contributed by atoms with E-state index >= 15 is 0 Å². The summed E-state index contributed by atoms with van der Waals surface area (Å²) >= 11 is 0. The van der Waals surface area contributed by atoms with Gasteiger partial charge in [0, 0.05) is 41.4 Å². The average molecular weight is 939 g/mol. The fourth-order valence-electron chi connectivity index (χ4n) is 9.43. The lowest BCUT2D eigenvalue weighted by atomic mass is 9.85. The van der Waals surface area contributed by atoms with Crippen LogP contribution < -0.4 is 0 Å². The van der Waals surface area contributed by atoms with E-state index in [-0.39, 0.29) is 43.9 Å². The summed E-state index contributed by atoms with van der Waals surface area (Å²) in [7, 11) is 0. The molecule has 0 saturated carbocycles. The molecule has 20 atom stereocenters. The number of carbonyl (C=O) groups excluding carboxylic acids is 2. The normalized spacial score (nSPS) is 38.7. The van der Waals surface area contributed by atoms with Gasteiger partial charge < -0.3 is 57.2 Å². The summed E-state index contributed by atoms with van der Waals surface area (Å²) in [6, 6.07) is 17.5. The highest BCUT2D eigenvalue weighted by molar-refractivity contribution is 5.66. The van der Waals surface area contributed by atoms with E-state index in [1.54, 1.807) is 13.8 Å². The minimum Gasteiger partial charge on any atom is -0.463 e. The predicted octanol–water partition coefficient (Wildman–Crippen LogP) is 6.91. The second-order valence-electron chi connectivity index (χ2n) is 18.1. The lowest BCUT2D eigenvalue weighted by molar-refractivity contribution is -0.360. The zero-order chi connectivity index (χ0) is 48.4.